The zero-order chi connectivity index (χ0) is 15.1. The number of nitrogens with one attached hydrogen (secondary N) is 2. The number of rotatable bonds is 6. The van der Waals surface area contributed by atoms with E-state index in [9.17, 15) is 4.79 Å². The van der Waals surface area contributed by atoms with Crippen molar-refractivity contribution < 1.29 is 9.53 Å². The van der Waals surface area contributed by atoms with E-state index in [1.165, 1.54) is 12.5 Å². The van der Waals surface area contributed by atoms with Crippen LogP contribution >= 0.6 is 0 Å². The van der Waals surface area contributed by atoms with Gasteiger partial charge in [0.2, 0.25) is 5.91 Å². The SMILES string of the molecule is COc1ccc(NC(C)=O)cc1NCCc1ccccc1. The highest BCUT2D eigenvalue weighted by Gasteiger charge is 2.05. The average molecular weight is 284 g/mol. The minimum atomic E-state index is -0.0876. The summed E-state index contributed by atoms with van der Waals surface area (Å²) in [7, 11) is 1.63. The molecule has 4 heteroatoms. The van der Waals surface area contributed by atoms with Gasteiger partial charge in [-0.2, -0.15) is 0 Å². The molecule has 0 spiro atoms. The van der Waals surface area contributed by atoms with Gasteiger partial charge >= 0.3 is 0 Å². The lowest BCUT2D eigenvalue weighted by molar-refractivity contribution is -0.114. The van der Waals surface area contributed by atoms with E-state index in [0.717, 1.165) is 30.1 Å². The maximum Gasteiger partial charge on any atom is 0.221 e. The van der Waals surface area contributed by atoms with Crippen LogP contribution in [0.5, 0.6) is 5.75 Å². The molecule has 0 aliphatic heterocycles. The first-order chi connectivity index (χ1) is 10.2. The first-order valence-electron chi connectivity index (χ1n) is 6.92. The normalized spacial score (nSPS) is 10.0. The number of ether oxygens (including phenoxy) is 1. The summed E-state index contributed by atoms with van der Waals surface area (Å²) in [6.07, 6.45) is 0.925. The van der Waals surface area contributed by atoms with Gasteiger partial charge in [0.25, 0.3) is 0 Å². The number of amides is 1. The van der Waals surface area contributed by atoms with Crippen LogP contribution in [0.25, 0.3) is 0 Å². The lowest BCUT2D eigenvalue weighted by Gasteiger charge is -2.13. The summed E-state index contributed by atoms with van der Waals surface area (Å²) in [6.45, 7) is 2.29. The molecule has 2 aromatic carbocycles. The van der Waals surface area contributed by atoms with Crippen LogP contribution in [0.3, 0.4) is 0 Å². The molecule has 2 N–H and O–H groups in total. The monoisotopic (exact) mass is 284 g/mol. The molecule has 0 radical (unpaired) electrons. The van der Waals surface area contributed by atoms with Crippen molar-refractivity contribution in [3.63, 3.8) is 0 Å². The predicted molar refractivity (Wildman–Crippen MR) is 85.9 cm³/mol. The van der Waals surface area contributed by atoms with Gasteiger partial charge in [0.15, 0.2) is 0 Å². The second kappa shape index (κ2) is 7.33. The molecule has 0 unspecified atom stereocenters. The average Bonchev–Trinajstić information content (AvgIpc) is 2.48. The third-order valence-corrected chi connectivity index (χ3v) is 3.09. The molecular weight excluding hydrogens is 264 g/mol. The van der Waals surface area contributed by atoms with Crippen LogP contribution in [0.15, 0.2) is 48.5 Å². The molecule has 0 aliphatic rings. The highest BCUT2D eigenvalue weighted by atomic mass is 16.5. The Balaban J connectivity index is 2.01. The second-order valence-corrected chi connectivity index (χ2v) is 4.76. The van der Waals surface area contributed by atoms with Gasteiger partial charge in [-0.05, 0) is 30.2 Å². The molecule has 21 heavy (non-hydrogen) atoms. The number of carbonyl (C=O) groups is 1. The Hall–Kier alpha value is -2.49. The van der Waals surface area contributed by atoms with Crippen molar-refractivity contribution >= 4 is 17.3 Å². The quantitative estimate of drug-likeness (QED) is 0.855. The molecule has 0 aliphatic carbocycles. The highest BCUT2D eigenvalue weighted by Crippen LogP contribution is 2.27. The number of hydrogen-bond acceptors (Lipinski definition) is 3. The topological polar surface area (TPSA) is 50.4 Å². The molecule has 0 saturated carbocycles. The van der Waals surface area contributed by atoms with Gasteiger partial charge in [-0.15, -0.1) is 0 Å². The summed E-state index contributed by atoms with van der Waals surface area (Å²) in [4.78, 5) is 11.1. The molecular formula is C17H20N2O2. The van der Waals surface area contributed by atoms with Gasteiger partial charge in [-0.25, -0.2) is 0 Å². The van der Waals surface area contributed by atoms with Crippen LogP contribution in [-0.4, -0.2) is 19.6 Å². The number of methoxy groups -OCH3 is 1. The second-order valence-electron chi connectivity index (χ2n) is 4.76. The fraction of sp³-hybridized carbons (Fsp3) is 0.235. The number of benzene rings is 2. The Morgan fingerprint density at radius 1 is 1.14 bits per heavy atom. The number of hydrogen-bond donors (Lipinski definition) is 2. The first-order valence-corrected chi connectivity index (χ1v) is 6.92. The van der Waals surface area contributed by atoms with Crippen molar-refractivity contribution in [2.45, 2.75) is 13.3 Å². The molecule has 4 nitrogen and oxygen atoms in total. The van der Waals surface area contributed by atoms with E-state index >= 15 is 0 Å². The largest absolute Gasteiger partial charge is 0.495 e. The van der Waals surface area contributed by atoms with Crippen LogP contribution in [0.1, 0.15) is 12.5 Å². The van der Waals surface area contributed by atoms with Crippen LogP contribution in [0.4, 0.5) is 11.4 Å². The van der Waals surface area contributed by atoms with E-state index in [-0.39, 0.29) is 5.91 Å². The van der Waals surface area contributed by atoms with Crippen LogP contribution in [-0.2, 0) is 11.2 Å². The zero-order valence-electron chi connectivity index (χ0n) is 12.3. The predicted octanol–water partition coefficient (Wildman–Crippen LogP) is 3.31. The minimum absolute atomic E-state index is 0.0876. The number of anilines is 2. The van der Waals surface area contributed by atoms with Crippen molar-refractivity contribution in [3.05, 3.63) is 54.1 Å². The molecule has 2 aromatic rings. The Morgan fingerprint density at radius 2 is 1.90 bits per heavy atom. The molecule has 0 aromatic heterocycles. The molecule has 0 heterocycles. The van der Waals surface area contributed by atoms with E-state index in [1.807, 2.05) is 36.4 Å². The Labute approximate surface area is 125 Å². The van der Waals surface area contributed by atoms with E-state index < -0.39 is 0 Å². The molecule has 0 fully saturated rings. The van der Waals surface area contributed by atoms with Crippen molar-refractivity contribution in [2.24, 2.45) is 0 Å². The summed E-state index contributed by atoms with van der Waals surface area (Å²) >= 11 is 0. The Bertz CT molecular complexity index is 597. The van der Waals surface area contributed by atoms with Crippen molar-refractivity contribution in [1.29, 1.82) is 0 Å². The molecule has 0 bridgehead atoms. The van der Waals surface area contributed by atoms with Gasteiger partial charge in [-0.1, -0.05) is 30.3 Å². The fourth-order valence-corrected chi connectivity index (χ4v) is 2.11. The third-order valence-electron chi connectivity index (χ3n) is 3.09. The number of carbonyl (C=O) groups excluding carboxylic acids is 1. The maximum atomic E-state index is 11.1. The van der Waals surface area contributed by atoms with Crippen LogP contribution in [0.2, 0.25) is 0 Å². The van der Waals surface area contributed by atoms with Gasteiger partial charge < -0.3 is 15.4 Å². The lowest BCUT2D eigenvalue weighted by atomic mass is 10.1. The molecule has 0 atom stereocenters. The van der Waals surface area contributed by atoms with Gasteiger partial charge in [-0.3, -0.25) is 4.79 Å². The minimum Gasteiger partial charge on any atom is -0.495 e. The maximum absolute atomic E-state index is 11.1. The molecule has 2 rings (SSSR count). The van der Waals surface area contributed by atoms with Crippen LogP contribution < -0.4 is 15.4 Å². The summed E-state index contributed by atoms with van der Waals surface area (Å²) < 4.78 is 5.33. The zero-order valence-corrected chi connectivity index (χ0v) is 12.3. The van der Waals surface area contributed by atoms with Crippen molar-refractivity contribution in [1.82, 2.24) is 0 Å². The summed E-state index contributed by atoms with van der Waals surface area (Å²) in [5.41, 5.74) is 2.91. The van der Waals surface area contributed by atoms with Crippen molar-refractivity contribution in [2.75, 3.05) is 24.3 Å². The van der Waals surface area contributed by atoms with Crippen molar-refractivity contribution in [3.8, 4) is 5.75 Å². The van der Waals surface area contributed by atoms with E-state index in [0.29, 0.717) is 0 Å². The lowest BCUT2D eigenvalue weighted by Crippen LogP contribution is -2.09. The van der Waals surface area contributed by atoms with E-state index in [1.54, 1.807) is 7.11 Å². The summed E-state index contributed by atoms with van der Waals surface area (Å²) in [5.74, 6) is 0.674. The Morgan fingerprint density at radius 3 is 2.57 bits per heavy atom. The van der Waals surface area contributed by atoms with Gasteiger partial charge in [0.1, 0.15) is 5.75 Å². The van der Waals surface area contributed by atoms with Crippen LogP contribution in [0, 0.1) is 0 Å². The summed E-state index contributed by atoms with van der Waals surface area (Å²) in [5, 5.41) is 6.12. The highest BCUT2D eigenvalue weighted by molar-refractivity contribution is 5.89. The van der Waals surface area contributed by atoms with Gasteiger partial charge in [0, 0.05) is 19.2 Å². The van der Waals surface area contributed by atoms with Gasteiger partial charge in [0.05, 0.1) is 12.8 Å². The molecule has 110 valence electrons. The Kier molecular flexibility index (Phi) is 5.21. The standard InChI is InChI=1S/C17H20N2O2/c1-13(20)19-15-8-9-17(21-2)16(12-15)18-11-10-14-6-4-3-5-7-14/h3-9,12,18H,10-11H2,1-2H3,(H,19,20). The molecule has 0 saturated heterocycles. The summed E-state index contributed by atoms with van der Waals surface area (Å²) in [6, 6.07) is 15.8. The van der Waals surface area contributed by atoms with E-state index in [4.69, 9.17) is 4.74 Å². The molecule has 1 amide bonds. The smallest absolute Gasteiger partial charge is 0.221 e. The first kappa shape index (κ1) is 14.9. The third kappa shape index (κ3) is 4.53. The van der Waals surface area contributed by atoms with E-state index in [2.05, 4.69) is 22.8 Å². The fourth-order valence-electron chi connectivity index (χ4n) is 2.11.